The Morgan fingerprint density at radius 3 is 1.87 bits per heavy atom. The van der Waals surface area contributed by atoms with Crippen LogP contribution in [0.25, 0.3) is 0 Å². The number of hydrogen-bond acceptors (Lipinski definition) is 9. The fourth-order valence-corrected chi connectivity index (χ4v) is 6.63. The number of benzene rings is 2. The molecule has 0 heterocycles. The normalized spacial score (nSPS) is 28.8. The van der Waals surface area contributed by atoms with Crippen molar-refractivity contribution in [2.24, 2.45) is 23.2 Å². The third-order valence-electron chi connectivity index (χ3n) is 9.07. The molecular weight excluding hydrogens is 600 g/mol. The highest BCUT2D eigenvalue weighted by Crippen LogP contribution is 2.51. The van der Waals surface area contributed by atoms with Crippen LogP contribution >= 0.6 is 0 Å². The Morgan fingerprint density at radius 2 is 1.34 bits per heavy atom. The lowest BCUT2D eigenvalue weighted by Crippen LogP contribution is -2.55. The molecule has 47 heavy (non-hydrogen) atoms. The molecule has 250 valence electrons. The molecule has 2 aliphatic rings. The smallest absolute Gasteiger partial charge is 0.338 e. The largest absolute Gasteiger partial charge is 0.458 e. The van der Waals surface area contributed by atoms with Crippen molar-refractivity contribution >= 4 is 29.7 Å². The Bertz CT molecular complexity index is 1540. The molecule has 1 fully saturated rings. The number of fused-ring (bicyclic) bond motifs is 1. The second kappa shape index (κ2) is 14.5. The van der Waals surface area contributed by atoms with Gasteiger partial charge in [0, 0.05) is 31.6 Å². The Morgan fingerprint density at radius 1 is 0.787 bits per heavy atom. The third kappa shape index (κ3) is 8.07. The van der Waals surface area contributed by atoms with Crippen LogP contribution in [0.1, 0.15) is 82.0 Å². The maximum atomic E-state index is 13.8. The molecule has 0 aromatic heterocycles. The molecule has 7 atom stereocenters. The summed E-state index contributed by atoms with van der Waals surface area (Å²) in [5.74, 6) is -4.29. The molecule has 9 nitrogen and oxygen atoms in total. The predicted octanol–water partition coefficient (Wildman–Crippen LogP) is 6.46. The van der Waals surface area contributed by atoms with Crippen molar-refractivity contribution in [3.63, 3.8) is 0 Å². The van der Waals surface area contributed by atoms with Crippen LogP contribution in [0.5, 0.6) is 0 Å². The number of rotatable bonds is 6. The second-order valence-corrected chi connectivity index (χ2v) is 13.3. The van der Waals surface area contributed by atoms with Crippen molar-refractivity contribution in [2.75, 3.05) is 0 Å². The molecule has 0 aliphatic heterocycles. The number of ether oxygens (including phenoxy) is 4. The van der Waals surface area contributed by atoms with E-state index < -0.39 is 65.0 Å². The Balaban J connectivity index is 1.92. The van der Waals surface area contributed by atoms with Gasteiger partial charge in [0.1, 0.15) is 24.1 Å². The minimum Gasteiger partial charge on any atom is -0.458 e. The molecule has 1 saturated carbocycles. The van der Waals surface area contributed by atoms with E-state index in [1.54, 1.807) is 99.7 Å². The van der Waals surface area contributed by atoms with E-state index in [4.69, 9.17) is 18.9 Å². The topological polar surface area (TPSA) is 122 Å². The molecule has 2 aliphatic carbocycles. The van der Waals surface area contributed by atoms with Crippen molar-refractivity contribution in [3.05, 3.63) is 95.6 Å². The van der Waals surface area contributed by atoms with Gasteiger partial charge in [0.15, 0.2) is 5.60 Å². The Labute approximate surface area is 276 Å². The standard InChI is InChI=1S/C38H44O9/c1-23-18-19-37(6,7)32(41)21-31(45-35(42)28-14-10-8-11-15-28)24(2)20-30-33(46-36(43)29-16-12-9-13-17-29)25(3)22-38(30,47-27(5)40)34(23)44-26(4)39/h8-20,23,25,30-31,33-34H,21-22H2,1-7H3/t23-,25+,30+,31-,33+,34-,38+/m1/s1. The van der Waals surface area contributed by atoms with Crippen molar-refractivity contribution in [3.8, 4) is 0 Å². The van der Waals surface area contributed by atoms with Gasteiger partial charge in [-0.2, -0.15) is 0 Å². The van der Waals surface area contributed by atoms with E-state index in [1.165, 1.54) is 13.8 Å². The van der Waals surface area contributed by atoms with E-state index in [2.05, 4.69) is 0 Å². The van der Waals surface area contributed by atoms with Gasteiger partial charge >= 0.3 is 23.9 Å². The first-order chi connectivity index (χ1) is 22.1. The summed E-state index contributed by atoms with van der Waals surface area (Å²) < 4.78 is 24.4. The van der Waals surface area contributed by atoms with Crippen molar-refractivity contribution in [1.82, 2.24) is 0 Å². The molecule has 0 N–H and O–H groups in total. The molecule has 0 saturated heterocycles. The first-order valence-corrected chi connectivity index (χ1v) is 15.9. The summed E-state index contributed by atoms with van der Waals surface area (Å²) in [6.45, 7) is 11.5. The van der Waals surface area contributed by atoms with Gasteiger partial charge in [0.05, 0.1) is 17.0 Å². The first-order valence-electron chi connectivity index (χ1n) is 15.9. The first kappa shape index (κ1) is 35.3. The number of carbonyl (C=O) groups is 5. The molecule has 0 spiro atoms. The highest BCUT2D eigenvalue weighted by Gasteiger charge is 2.62. The SMILES string of the molecule is CC(=O)O[C@@H]1[C@H](C)C=CC(C)(C)C(=O)C[C@@H](OC(=O)c2ccccc2)C(C)=C[C@H]2[C@@H](OC(=O)c3ccccc3)[C@@H](C)C[C@@]12OC(C)=O. The predicted molar refractivity (Wildman–Crippen MR) is 174 cm³/mol. The van der Waals surface area contributed by atoms with Crippen LogP contribution in [-0.4, -0.2) is 53.6 Å². The van der Waals surface area contributed by atoms with Gasteiger partial charge in [0.25, 0.3) is 0 Å². The summed E-state index contributed by atoms with van der Waals surface area (Å²) in [6, 6.07) is 17.0. The Kier molecular flexibility index (Phi) is 10.9. The van der Waals surface area contributed by atoms with E-state index in [-0.39, 0.29) is 24.5 Å². The Hall–Kier alpha value is -4.53. The van der Waals surface area contributed by atoms with Gasteiger partial charge in [-0.15, -0.1) is 0 Å². The molecule has 2 aromatic carbocycles. The number of esters is 4. The fourth-order valence-electron chi connectivity index (χ4n) is 6.63. The van der Waals surface area contributed by atoms with Gasteiger partial charge < -0.3 is 18.9 Å². The minimum atomic E-state index is -1.48. The summed E-state index contributed by atoms with van der Waals surface area (Å²) in [5.41, 5.74) is -1.30. The van der Waals surface area contributed by atoms with E-state index in [0.29, 0.717) is 16.7 Å². The third-order valence-corrected chi connectivity index (χ3v) is 9.07. The van der Waals surface area contributed by atoms with Gasteiger partial charge in [-0.25, -0.2) is 9.59 Å². The van der Waals surface area contributed by atoms with Crippen molar-refractivity contribution < 1.29 is 42.9 Å². The van der Waals surface area contributed by atoms with Crippen LogP contribution in [0.2, 0.25) is 0 Å². The van der Waals surface area contributed by atoms with E-state index in [0.717, 1.165) is 0 Å². The molecule has 4 rings (SSSR count). The highest BCUT2D eigenvalue weighted by atomic mass is 16.6. The van der Waals surface area contributed by atoms with Crippen molar-refractivity contribution in [2.45, 2.75) is 85.2 Å². The van der Waals surface area contributed by atoms with Crippen LogP contribution in [0.3, 0.4) is 0 Å². The summed E-state index contributed by atoms with van der Waals surface area (Å²) in [6.07, 6.45) is 2.49. The number of Topliss-reactive ketones (excluding diaryl/α,β-unsaturated/α-hetero) is 1. The maximum Gasteiger partial charge on any atom is 0.338 e. The highest BCUT2D eigenvalue weighted by molar-refractivity contribution is 5.91. The van der Waals surface area contributed by atoms with Crippen LogP contribution < -0.4 is 0 Å². The molecule has 0 amide bonds. The zero-order chi connectivity index (χ0) is 34.5. The van der Waals surface area contributed by atoms with Gasteiger partial charge in [-0.3, -0.25) is 14.4 Å². The van der Waals surface area contributed by atoms with E-state index in [9.17, 15) is 24.0 Å². The van der Waals surface area contributed by atoms with Gasteiger partial charge in [-0.1, -0.05) is 68.5 Å². The number of allylic oxidation sites excluding steroid dienone is 1. The van der Waals surface area contributed by atoms with Crippen LogP contribution in [-0.2, 0) is 33.3 Å². The summed E-state index contributed by atoms with van der Waals surface area (Å²) in [7, 11) is 0. The van der Waals surface area contributed by atoms with Gasteiger partial charge in [0.2, 0.25) is 0 Å². The molecule has 2 aromatic rings. The summed E-state index contributed by atoms with van der Waals surface area (Å²) in [4.78, 5) is 66.0. The monoisotopic (exact) mass is 644 g/mol. The number of carbonyl (C=O) groups excluding carboxylic acids is 5. The average molecular weight is 645 g/mol. The lowest BCUT2D eigenvalue weighted by Gasteiger charge is -2.43. The lowest BCUT2D eigenvalue weighted by molar-refractivity contribution is -0.195. The quantitative estimate of drug-likeness (QED) is 0.198. The maximum absolute atomic E-state index is 13.8. The zero-order valence-corrected chi connectivity index (χ0v) is 28.1. The van der Waals surface area contributed by atoms with Crippen LogP contribution in [0, 0.1) is 23.2 Å². The fraction of sp³-hybridized carbons (Fsp3) is 0.447. The van der Waals surface area contributed by atoms with E-state index in [1.807, 2.05) is 13.8 Å². The van der Waals surface area contributed by atoms with Crippen LogP contribution in [0.4, 0.5) is 0 Å². The minimum absolute atomic E-state index is 0.128. The molecule has 0 radical (unpaired) electrons. The summed E-state index contributed by atoms with van der Waals surface area (Å²) >= 11 is 0. The van der Waals surface area contributed by atoms with Gasteiger partial charge in [-0.05, 0) is 62.9 Å². The van der Waals surface area contributed by atoms with Crippen LogP contribution in [0.15, 0.2) is 84.5 Å². The molecule has 9 heteroatoms. The summed E-state index contributed by atoms with van der Waals surface area (Å²) in [5, 5.41) is 0. The molecule has 0 unspecified atom stereocenters. The van der Waals surface area contributed by atoms with Crippen molar-refractivity contribution in [1.29, 1.82) is 0 Å². The second-order valence-electron chi connectivity index (χ2n) is 13.3. The lowest BCUT2D eigenvalue weighted by atomic mass is 9.75. The number of ketones is 1. The average Bonchev–Trinajstić information content (AvgIpc) is 3.27. The zero-order valence-electron chi connectivity index (χ0n) is 28.1. The number of hydrogen-bond donors (Lipinski definition) is 0. The molecular formula is C38H44O9. The molecule has 0 bridgehead atoms. The van der Waals surface area contributed by atoms with E-state index >= 15 is 0 Å².